The van der Waals surface area contributed by atoms with E-state index in [1.54, 1.807) is 0 Å². The van der Waals surface area contributed by atoms with Crippen LogP contribution in [0.2, 0.25) is 0 Å². The quantitative estimate of drug-likeness (QED) is 0.240. The number of nitrogens with zero attached hydrogens (tertiary/aromatic N) is 3. The predicted octanol–water partition coefficient (Wildman–Crippen LogP) is 0.0469. The highest BCUT2D eigenvalue weighted by atomic mass is 16.7. The molecular weight excluding hydrogens is 422 g/mol. The van der Waals surface area contributed by atoms with Crippen molar-refractivity contribution in [2.75, 3.05) is 6.61 Å². The second-order valence-corrected chi connectivity index (χ2v) is 6.48. The summed E-state index contributed by atoms with van der Waals surface area (Å²) in [5, 5.41) is 11.4. The zero-order chi connectivity index (χ0) is 23.3. The average Bonchev–Trinajstić information content (AvgIpc) is 3.12. The number of rotatable bonds is 7. The summed E-state index contributed by atoms with van der Waals surface area (Å²) < 4.78 is 27.4. The topological polar surface area (TPSA) is 175 Å². The number of ether oxygens (including phenoxy) is 5. The first-order valence-corrected chi connectivity index (χ1v) is 8.99. The van der Waals surface area contributed by atoms with Gasteiger partial charge < -0.3 is 33.8 Å². The number of hydrogen-bond acceptors (Lipinski definition) is 12. The number of imidazole rings is 1. The maximum atomic E-state index is 11.8. The van der Waals surface area contributed by atoms with Crippen LogP contribution in [0.4, 0.5) is 5.95 Å². The first kappa shape index (κ1) is 23.7. The molecule has 1 aromatic rings. The lowest BCUT2D eigenvalue weighted by molar-refractivity contribution is -0.400. The number of aromatic nitrogens is 2. The first-order chi connectivity index (χ1) is 14.5. The van der Waals surface area contributed by atoms with Crippen molar-refractivity contribution >= 4 is 29.8 Å². The summed E-state index contributed by atoms with van der Waals surface area (Å²) in [5.41, 5.74) is 0. The highest BCUT2D eigenvalue weighted by Gasteiger charge is 2.54. The Balaban J connectivity index is 2.58. The minimum atomic E-state index is -1.47. The molecule has 0 N–H and O–H groups in total. The summed E-state index contributed by atoms with van der Waals surface area (Å²) in [6.07, 6.45) is -4.60. The predicted molar refractivity (Wildman–Crippen MR) is 96.1 cm³/mol. The van der Waals surface area contributed by atoms with Gasteiger partial charge in [-0.25, -0.2) is 0 Å². The third-order valence-corrected chi connectivity index (χ3v) is 4.05. The first-order valence-electron chi connectivity index (χ1n) is 8.99. The largest absolute Gasteiger partial charge is 0.463 e. The lowest BCUT2D eigenvalue weighted by Crippen LogP contribution is -2.60. The van der Waals surface area contributed by atoms with Crippen molar-refractivity contribution in [3.8, 4) is 0 Å². The molecule has 2 rings (SSSR count). The normalized spacial score (nSPS) is 25.2. The summed E-state index contributed by atoms with van der Waals surface area (Å²) in [6, 6.07) is 0. The smallest absolute Gasteiger partial charge is 0.436 e. The van der Waals surface area contributed by atoms with Crippen molar-refractivity contribution in [3.63, 3.8) is 0 Å². The Morgan fingerprint density at radius 2 is 1.55 bits per heavy atom. The van der Waals surface area contributed by atoms with E-state index in [0.29, 0.717) is 0 Å². The van der Waals surface area contributed by atoms with E-state index in [0.717, 1.165) is 38.5 Å². The highest BCUT2D eigenvalue weighted by Crippen LogP contribution is 2.36. The molecule has 1 saturated heterocycles. The monoisotopic (exact) mass is 443 g/mol. The number of nitro groups is 1. The molecule has 1 fully saturated rings. The molecule has 1 aliphatic heterocycles. The molecule has 14 nitrogen and oxygen atoms in total. The van der Waals surface area contributed by atoms with Crippen LogP contribution in [-0.2, 0) is 42.9 Å². The van der Waals surface area contributed by atoms with E-state index in [1.165, 1.54) is 6.20 Å². The van der Waals surface area contributed by atoms with Gasteiger partial charge in [0.1, 0.15) is 25.1 Å². The van der Waals surface area contributed by atoms with Gasteiger partial charge in [0, 0.05) is 27.7 Å². The summed E-state index contributed by atoms with van der Waals surface area (Å²) in [5.74, 6) is -3.75. The van der Waals surface area contributed by atoms with Gasteiger partial charge in [0.25, 0.3) is 0 Å². The van der Waals surface area contributed by atoms with Gasteiger partial charge in [0.15, 0.2) is 12.2 Å². The zero-order valence-corrected chi connectivity index (χ0v) is 17.1. The Morgan fingerprint density at radius 1 is 1.00 bits per heavy atom. The Kier molecular flexibility index (Phi) is 7.63. The van der Waals surface area contributed by atoms with Crippen LogP contribution in [0.3, 0.4) is 0 Å². The molecule has 0 radical (unpaired) electrons. The van der Waals surface area contributed by atoms with Gasteiger partial charge >= 0.3 is 29.8 Å². The van der Waals surface area contributed by atoms with Crippen LogP contribution in [0, 0.1) is 10.1 Å². The summed E-state index contributed by atoms with van der Waals surface area (Å²) in [7, 11) is 0. The lowest BCUT2D eigenvalue weighted by atomic mass is 9.97. The maximum absolute atomic E-state index is 11.8. The van der Waals surface area contributed by atoms with Crippen LogP contribution in [0.1, 0.15) is 33.9 Å². The third-order valence-electron chi connectivity index (χ3n) is 4.05. The van der Waals surface area contributed by atoms with Crippen LogP contribution in [0.5, 0.6) is 0 Å². The van der Waals surface area contributed by atoms with E-state index in [9.17, 15) is 29.3 Å². The molecule has 5 atom stereocenters. The van der Waals surface area contributed by atoms with Crippen molar-refractivity contribution in [2.24, 2.45) is 0 Å². The van der Waals surface area contributed by atoms with Gasteiger partial charge in [0.2, 0.25) is 12.3 Å². The molecule has 0 bridgehead atoms. The standard InChI is InChI=1S/C17H21N3O11/c1-8(21)27-7-12-13(28-9(2)22)14(29-10(3)23)15(30-11(4)24)16(31-12)19-6-5-18-17(19)20(25)26/h5-6,12-16H,7H2,1-4H3. The van der Waals surface area contributed by atoms with Gasteiger partial charge in [0.05, 0.1) is 0 Å². The second kappa shape index (κ2) is 9.97. The molecule has 0 aliphatic carbocycles. The van der Waals surface area contributed by atoms with E-state index < -0.39 is 72.0 Å². The fourth-order valence-corrected chi connectivity index (χ4v) is 3.07. The molecule has 2 heterocycles. The second-order valence-electron chi connectivity index (χ2n) is 6.48. The van der Waals surface area contributed by atoms with Gasteiger partial charge in [-0.3, -0.25) is 19.2 Å². The highest BCUT2D eigenvalue weighted by molar-refractivity contribution is 5.68. The van der Waals surface area contributed by atoms with E-state index in [4.69, 9.17) is 23.7 Å². The van der Waals surface area contributed by atoms with E-state index >= 15 is 0 Å². The lowest BCUT2D eigenvalue weighted by Gasteiger charge is -2.43. The number of carbonyl (C=O) groups excluding carboxylic acids is 4. The Hall–Kier alpha value is -3.55. The Labute approximate surface area is 175 Å². The van der Waals surface area contributed by atoms with Crippen molar-refractivity contribution in [1.82, 2.24) is 9.55 Å². The Morgan fingerprint density at radius 3 is 2.06 bits per heavy atom. The molecule has 1 aliphatic rings. The summed E-state index contributed by atoms with van der Waals surface area (Å²) >= 11 is 0. The van der Waals surface area contributed by atoms with Crippen molar-refractivity contribution in [2.45, 2.75) is 58.3 Å². The van der Waals surface area contributed by atoms with E-state index in [1.807, 2.05) is 0 Å². The molecule has 5 unspecified atom stereocenters. The van der Waals surface area contributed by atoms with Crippen molar-refractivity contribution in [1.29, 1.82) is 0 Å². The molecule has 0 spiro atoms. The van der Waals surface area contributed by atoms with Gasteiger partial charge in [-0.05, 0) is 4.92 Å². The van der Waals surface area contributed by atoms with Gasteiger partial charge in [-0.15, -0.1) is 0 Å². The zero-order valence-electron chi connectivity index (χ0n) is 17.1. The number of carbonyl (C=O) groups is 4. The van der Waals surface area contributed by atoms with Crippen LogP contribution >= 0.6 is 0 Å². The molecule has 0 saturated carbocycles. The number of hydrogen-bond donors (Lipinski definition) is 0. The minimum absolute atomic E-state index is 0.448. The molecule has 14 heteroatoms. The fraction of sp³-hybridized carbons (Fsp3) is 0.588. The van der Waals surface area contributed by atoms with Gasteiger partial charge in [-0.2, -0.15) is 4.57 Å². The van der Waals surface area contributed by atoms with Gasteiger partial charge in [-0.1, -0.05) is 4.98 Å². The van der Waals surface area contributed by atoms with Crippen molar-refractivity contribution in [3.05, 3.63) is 22.5 Å². The third kappa shape index (κ3) is 5.97. The summed E-state index contributed by atoms with van der Waals surface area (Å²) in [4.78, 5) is 60.7. The SMILES string of the molecule is CC(=O)OCC1OC(n2ccnc2[N+](=O)[O-])C(OC(C)=O)C(OC(C)=O)C1OC(C)=O. The number of esters is 4. The minimum Gasteiger partial charge on any atom is -0.463 e. The molecule has 1 aromatic heterocycles. The van der Waals surface area contributed by atoms with Crippen molar-refractivity contribution < 1.29 is 47.8 Å². The summed E-state index contributed by atoms with van der Waals surface area (Å²) in [6.45, 7) is 3.90. The molecular formula is C17H21N3O11. The Bertz CT molecular complexity index is 867. The van der Waals surface area contributed by atoms with E-state index in [2.05, 4.69) is 4.98 Å². The maximum Gasteiger partial charge on any atom is 0.436 e. The average molecular weight is 443 g/mol. The molecule has 0 amide bonds. The molecule has 170 valence electrons. The fourth-order valence-electron chi connectivity index (χ4n) is 3.07. The van der Waals surface area contributed by atoms with Crippen LogP contribution < -0.4 is 0 Å². The van der Waals surface area contributed by atoms with Crippen LogP contribution in [0.25, 0.3) is 0 Å². The molecule has 0 aromatic carbocycles. The van der Waals surface area contributed by atoms with Crippen LogP contribution in [-0.4, -0.2) is 69.4 Å². The molecule has 31 heavy (non-hydrogen) atoms. The van der Waals surface area contributed by atoms with E-state index in [-0.39, 0.29) is 0 Å². The van der Waals surface area contributed by atoms with Crippen LogP contribution in [0.15, 0.2) is 12.4 Å².